The summed E-state index contributed by atoms with van der Waals surface area (Å²) in [5.41, 5.74) is 0.427. The normalized spacial score (nSPS) is 18.3. The highest BCUT2D eigenvalue weighted by Crippen LogP contribution is 2.24. The number of carbonyl (C=O) groups excluding carboxylic acids is 3. The number of likely N-dealkylation sites (tertiary alicyclic amines) is 1. The maximum absolute atomic E-state index is 12.6. The summed E-state index contributed by atoms with van der Waals surface area (Å²) >= 11 is 0. The van der Waals surface area contributed by atoms with Crippen molar-refractivity contribution in [2.24, 2.45) is 5.92 Å². The minimum Gasteiger partial charge on any atom is -0.458 e. The lowest BCUT2D eigenvalue weighted by molar-refractivity contribution is -0.160. The number of nitrogens with one attached hydrogen (secondary N) is 1. The van der Waals surface area contributed by atoms with Crippen LogP contribution in [0.25, 0.3) is 0 Å². The fraction of sp³-hybridized carbons (Fsp3) is 0.591. The van der Waals surface area contributed by atoms with E-state index in [-0.39, 0.29) is 30.2 Å². The first kappa shape index (κ1) is 21.9. The van der Waals surface area contributed by atoms with Crippen molar-refractivity contribution in [3.8, 4) is 0 Å². The van der Waals surface area contributed by atoms with Crippen molar-refractivity contribution in [3.05, 3.63) is 35.9 Å². The van der Waals surface area contributed by atoms with E-state index in [0.717, 1.165) is 5.56 Å². The number of esters is 1. The zero-order valence-corrected chi connectivity index (χ0v) is 17.5. The second-order valence-electron chi connectivity index (χ2n) is 8.73. The fourth-order valence-corrected chi connectivity index (χ4v) is 3.31. The van der Waals surface area contributed by atoms with E-state index in [1.807, 2.05) is 44.2 Å². The Labute approximate surface area is 167 Å². The molecule has 1 N–H and O–H groups in total. The molecular formula is C22H32N2O4. The average Bonchev–Trinajstić information content (AvgIpc) is 2.92. The Morgan fingerprint density at radius 1 is 1.21 bits per heavy atom. The summed E-state index contributed by atoms with van der Waals surface area (Å²) in [6, 6.07) is 8.89. The van der Waals surface area contributed by atoms with Crippen molar-refractivity contribution >= 4 is 17.8 Å². The highest BCUT2D eigenvalue weighted by atomic mass is 16.6. The van der Waals surface area contributed by atoms with Gasteiger partial charge in [-0.2, -0.15) is 0 Å². The van der Waals surface area contributed by atoms with E-state index < -0.39 is 17.6 Å². The standard InChI is InChI=1S/C22H32N2O4/c1-15(2)20(21(27)28-22(3,4)5)23-18(25)13-17-11-12-19(26)24(17)14-16-9-7-6-8-10-16/h6-10,15,17,20H,11-14H2,1-5H3,(H,23,25)/t17-,20-/m0/s1. The molecule has 1 fully saturated rings. The van der Waals surface area contributed by atoms with E-state index in [1.165, 1.54) is 0 Å². The van der Waals surface area contributed by atoms with Gasteiger partial charge in [0.05, 0.1) is 0 Å². The first-order valence-corrected chi connectivity index (χ1v) is 9.92. The lowest BCUT2D eigenvalue weighted by atomic mass is 10.0. The van der Waals surface area contributed by atoms with E-state index in [4.69, 9.17) is 4.74 Å². The zero-order chi connectivity index (χ0) is 20.9. The Balaban J connectivity index is 1.99. The molecule has 2 atom stereocenters. The van der Waals surface area contributed by atoms with Gasteiger partial charge in [0, 0.05) is 25.4 Å². The van der Waals surface area contributed by atoms with Crippen LogP contribution in [-0.4, -0.2) is 40.4 Å². The number of carbonyl (C=O) groups is 3. The van der Waals surface area contributed by atoms with Crippen LogP contribution in [0.2, 0.25) is 0 Å². The lowest BCUT2D eigenvalue weighted by Crippen LogP contribution is -2.48. The first-order valence-electron chi connectivity index (χ1n) is 9.92. The second-order valence-corrected chi connectivity index (χ2v) is 8.73. The van der Waals surface area contributed by atoms with E-state index in [2.05, 4.69) is 5.32 Å². The molecule has 1 aromatic rings. The average molecular weight is 389 g/mol. The molecule has 0 spiro atoms. The molecule has 6 nitrogen and oxygen atoms in total. The molecule has 28 heavy (non-hydrogen) atoms. The largest absolute Gasteiger partial charge is 0.458 e. The van der Waals surface area contributed by atoms with Gasteiger partial charge in [0.2, 0.25) is 11.8 Å². The van der Waals surface area contributed by atoms with E-state index in [1.54, 1.807) is 25.7 Å². The summed E-state index contributed by atoms with van der Waals surface area (Å²) in [5, 5.41) is 2.81. The topological polar surface area (TPSA) is 75.7 Å². The molecule has 0 unspecified atom stereocenters. The van der Waals surface area contributed by atoms with Gasteiger partial charge in [-0.3, -0.25) is 9.59 Å². The summed E-state index contributed by atoms with van der Waals surface area (Å²) in [6.07, 6.45) is 1.28. The molecule has 0 aromatic heterocycles. The molecule has 0 aliphatic carbocycles. The molecule has 1 aliphatic heterocycles. The van der Waals surface area contributed by atoms with Crippen molar-refractivity contribution in [2.75, 3.05) is 0 Å². The van der Waals surface area contributed by atoms with Crippen LogP contribution in [0.3, 0.4) is 0 Å². The Kier molecular flexibility index (Phi) is 7.22. The van der Waals surface area contributed by atoms with Crippen LogP contribution < -0.4 is 5.32 Å². The van der Waals surface area contributed by atoms with E-state index >= 15 is 0 Å². The minimum atomic E-state index is -0.702. The van der Waals surface area contributed by atoms with Crippen molar-refractivity contribution in [3.63, 3.8) is 0 Å². The van der Waals surface area contributed by atoms with Crippen LogP contribution >= 0.6 is 0 Å². The predicted octanol–water partition coefficient (Wildman–Crippen LogP) is 3.05. The van der Waals surface area contributed by atoms with Gasteiger partial charge < -0.3 is 15.0 Å². The lowest BCUT2D eigenvalue weighted by Gasteiger charge is -2.28. The Morgan fingerprint density at radius 3 is 2.43 bits per heavy atom. The summed E-state index contributed by atoms with van der Waals surface area (Å²) < 4.78 is 5.43. The maximum Gasteiger partial charge on any atom is 0.329 e. The summed E-state index contributed by atoms with van der Waals surface area (Å²) in [7, 11) is 0. The number of amides is 2. The van der Waals surface area contributed by atoms with Gasteiger partial charge in [0.1, 0.15) is 11.6 Å². The second kappa shape index (κ2) is 9.22. The van der Waals surface area contributed by atoms with Gasteiger partial charge in [0.15, 0.2) is 0 Å². The number of nitrogens with zero attached hydrogens (tertiary/aromatic N) is 1. The third-order valence-electron chi connectivity index (χ3n) is 4.71. The van der Waals surface area contributed by atoms with Crippen LogP contribution in [0, 0.1) is 5.92 Å². The summed E-state index contributed by atoms with van der Waals surface area (Å²) in [4.78, 5) is 39.1. The maximum atomic E-state index is 12.6. The molecule has 154 valence electrons. The highest BCUT2D eigenvalue weighted by Gasteiger charge is 2.34. The van der Waals surface area contributed by atoms with Gasteiger partial charge in [-0.05, 0) is 38.7 Å². The zero-order valence-electron chi connectivity index (χ0n) is 17.5. The van der Waals surface area contributed by atoms with Crippen LogP contribution in [0.5, 0.6) is 0 Å². The molecule has 0 radical (unpaired) electrons. The molecule has 0 bridgehead atoms. The number of hydrogen-bond acceptors (Lipinski definition) is 4. The molecule has 1 heterocycles. The van der Waals surface area contributed by atoms with Crippen LogP contribution in [0.15, 0.2) is 30.3 Å². The van der Waals surface area contributed by atoms with Crippen LogP contribution in [0.1, 0.15) is 59.4 Å². The monoisotopic (exact) mass is 388 g/mol. The Morgan fingerprint density at radius 2 is 1.86 bits per heavy atom. The molecule has 2 amide bonds. The van der Waals surface area contributed by atoms with Crippen molar-refractivity contribution in [2.45, 2.75) is 78.1 Å². The molecular weight excluding hydrogens is 356 g/mol. The quantitative estimate of drug-likeness (QED) is 0.729. The van der Waals surface area contributed by atoms with Gasteiger partial charge in [0.25, 0.3) is 0 Å². The third kappa shape index (κ3) is 6.36. The molecule has 1 aliphatic rings. The van der Waals surface area contributed by atoms with Crippen molar-refractivity contribution in [1.29, 1.82) is 0 Å². The Bertz CT molecular complexity index is 694. The third-order valence-corrected chi connectivity index (χ3v) is 4.71. The smallest absolute Gasteiger partial charge is 0.329 e. The molecule has 6 heteroatoms. The van der Waals surface area contributed by atoms with Gasteiger partial charge >= 0.3 is 5.97 Å². The molecule has 1 saturated heterocycles. The van der Waals surface area contributed by atoms with Gasteiger partial charge in [-0.1, -0.05) is 44.2 Å². The number of ether oxygens (including phenoxy) is 1. The molecule has 1 aromatic carbocycles. The fourth-order valence-electron chi connectivity index (χ4n) is 3.31. The van der Waals surface area contributed by atoms with Gasteiger partial charge in [-0.15, -0.1) is 0 Å². The summed E-state index contributed by atoms with van der Waals surface area (Å²) in [5.74, 6) is -0.694. The van der Waals surface area contributed by atoms with E-state index in [9.17, 15) is 14.4 Å². The van der Waals surface area contributed by atoms with E-state index in [0.29, 0.717) is 19.4 Å². The SMILES string of the molecule is CC(C)[C@H](NC(=O)C[C@@H]1CCC(=O)N1Cc1ccccc1)C(=O)OC(C)(C)C. The van der Waals surface area contributed by atoms with Crippen molar-refractivity contribution < 1.29 is 19.1 Å². The number of hydrogen-bond donors (Lipinski definition) is 1. The highest BCUT2D eigenvalue weighted by molar-refractivity contribution is 5.86. The predicted molar refractivity (Wildman–Crippen MR) is 107 cm³/mol. The minimum absolute atomic E-state index is 0.0641. The number of benzene rings is 1. The van der Waals surface area contributed by atoms with Crippen molar-refractivity contribution in [1.82, 2.24) is 10.2 Å². The van der Waals surface area contributed by atoms with Gasteiger partial charge in [-0.25, -0.2) is 4.79 Å². The Hall–Kier alpha value is -2.37. The molecule has 2 rings (SSSR count). The summed E-state index contributed by atoms with van der Waals surface area (Å²) in [6.45, 7) is 9.64. The van der Waals surface area contributed by atoms with Crippen LogP contribution in [0.4, 0.5) is 0 Å². The van der Waals surface area contributed by atoms with Crippen LogP contribution in [-0.2, 0) is 25.7 Å². The first-order chi connectivity index (χ1) is 13.1. The number of rotatable bonds is 7. The molecule has 0 saturated carbocycles.